The lowest BCUT2D eigenvalue weighted by atomic mass is 10.1. The average molecular weight is 392 g/mol. The lowest BCUT2D eigenvalue weighted by Gasteiger charge is -2.03. The molecule has 3 rings (SSSR count). The normalized spacial score (nSPS) is 10.8. The first kappa shape index (κ1) is 14.1. The van der Waals surface area contributed by atoms with Crippen molar-refractivity contribution >= 4 is 39.5 Å². The summed E-state index contributed by atoms with van der Waals surface area (Å²) in [6.45, 7) is 2.01. The van der Waals surface area contributed by atoms with Crippen molar-refractivity contribution in [1.82, 2.24) is 0 Å². The maximum absolute atomic E-state index is 12.0. The van der Waals surface area contributed by atoms with Crippen LogP contribution < -0.4 is 4.74 Å². The van der Waals surface area contributed by atoms with E-state index in [1.54, 1.807) is 18.4 Å². The number of carbonyl (C=O) groups is 1. The summed E-state index contributed by atoms with van der Waals surface area (Å²) < 4.78 is 11.9. The number of ether oxygens (including phenoxy) is 1. The Kier molecular flexibility index (Phi) is 3.96. The van der Waals surface area contributed by atoms with Crippen molar-refractivity contribution in [3.8, 4) is 5.75 Å². The SMILES string of the molecule is Cc1ccc2occ(CC(=O)Oc3ccc(I)cc3)c2c1. The van der Waals surface area contributed by atoms with Crippen LogP contribution in [-0.2, 0) is 11.2 Å². The van der Waals surface area contributed by atoms with Gasteiger partial charge in [0.05, 0.1) is 12.7 Å². The molecule has 4 heteroatoms. The van der Waals surface area contributed by atoms with Crippen molar-refractivity contribution in [2.75, 3.05) is 0 Å². The maximum atomic E-state index is 12.0. The molecule has 21 heavy (non-hydrogen) atoms. The predicted octanol–water partition coefficient (Wildman–Crippen LogP) is 4.49. The number of esters is 1. The smallest absolute Gasteiger partial charge is 0.315 e. The van der Waals surface area contributed by atoms with Gasteiger partial charge in [0, 0.05) is 14.5 Å². The molecule has 2 aromatic carbocycles. The quantitative estimate of drug-likeness (QED) is 0.375. The number of rotatable bonds is 3. The Bertz CT molecular complexity index is 787. The summed E-state index contributed by atoms with van der Waals surface area (Å²) >= 11 is 2.21. The van der Waals surface area contributed by atoms with E-state index in [0.717, 1.165) is 25.7 Å². The van der Waals surface area contributed by atoms with E-state index in [0.29, 0.717) is 5.75 Å². The molecule has 0 saturated carbocycles. The molecule has 0 aliphatic heterocycles. The van der Waals surface area contributed by atoms with E-state index in [9.17, 15) is 4.79 Å². The molecule has 0 unspecified atom stereocenters. The molecule has 0 aliphatic rings. The third kappa shape index (κ3) is 3.26. The standard InChI is InChI=1S/C17H13IO3/c1-11-2-7-16-15(8-11)12(10-20-16)9-17(19)21-14-5-3-13(18)4-6-14/h2-8,10H,9H2,1H3. The summed E-state index contributed by atoms with van der Waals surface area (Å²) in [5.74, 6) is 0.268. The third-order valence-corrected chi connectivity index (χ3v) is 3.91. The first-order valence-electron chi connectivity index (χ1n) is 6.55. The minimum atomic E-state index is -0.291. The van der Waals surface area contributed by atoms with Gasteiger partial charge in [-0.1, -0.05) is 11.6 Å². The zero-order valence-corrected chi connectivity index (χ0v) is 13.6. The van der Waals surface area contributed by atoms with Crippen LogP contribution in [-0.4, -0.2) is 5.97 Å². The molecule has 0 aliphatic carbocycles. The summed E-state index contributed by atoms with van der Waals surface area (Å²) in [4.78, 5) is 12.0. The average Bonchev–Trinajstić information content (AvgIpc) is 2.84. The fourth-order valence-electron chi connectivity index (χ4n) is 2.16. The van der Waals surface area contributed by atoms with E-state index in [2.05, 4.69) is 22.6 Å². The molecular weight excluding hydrogens is 379 g/mol. The van der Waals surface area contributed by atoms with Crippen molar-refractivity contribution in [3.63, 3.8) is 0 Å². The fraction of sp³-hybridized carbons (Fsp3) is 0.118. The van der Waals surface area contributed by atoms with Gasteiger partial charge < -0.3 is 9.15 Å². The summed E-state index contributed by atoms with van der Waals surface area (Å²) in [5.41, 5.74) is 2.78. The van der Waals surface area contributed by atoms with Crippen molar-refractivity contribution in [1.29, 1.82) is 0 Å². The van der Waals surface area contributed by atoms with Gasteiger partial charge in [0.2, 0.25) is 0 Å². The largest absolute Gasteiger partial charge is 0.464 e. The first-order valence-corrected chi connectivity index (χ1v) is 7.63. The van der Waals surface area contributed by atoms with Crippen LogP contribution in [0.4, 0.5) is 0 Å². The molecule has 0 saturated heterocycles. The van der Waals surface area contributed by atoms with Crippen LogP contribution >= 0.6 is 22.6 Å². The summed E-state index contributed by atoms with van der Waals surface area (Å²) in [7, 11) is 0. The molecule has 0 atom stereocenters. The number of carbonyl (C=O) groups excluding carboxylic acids is 1. The van der Waals surface area contributed by atoms with Gasteiger partial charge in [0.1, 0.15) is 11.3 Å². The van der Waals surface area contributed by atoms with Gasteiger partial charge in [-0.2, -0.15) is 0 Å². The highest BCUT2D eigenvalue weighted by atomic mass is 127. The van der Waals surface area contributed by atoms with Crippen LogP contribution in [0.2, 0.25) is 0 Å². The second-order valence-electron chi connectivity index (χ2n) is 4.87. The number of hydrogen-bond acceptors (Lipinski definition) is 3. The van der Waals surface area contributed by atoms with Crippen LogP contribution in [0.5, 0.6) is 5.75 Å². The van der Waals surface area contributed by atoms with Gasteiger partial charge in [-0.15, -0.1) is 0 Å². The van der Waals surface area contributed by atoms with Gasteiger partial charge >= 0.3 is 5.97 Å². The minimum Gasteiger partial charge on any atom is -0.464 e. The van der Waals surface area contributed by atoms with Gasteiger partial charge in [0.15, 0.2) is 0 Å². The monoisotopic (exact) mass is 392 g/mol. The van der Waals surface area contributed by atoms with Crippen molar-refractivity contribution < 1.29 is 13.9 Å². The van der Waals surface area contributed by atoms with Crippen molar-refractivity contribution in [2.24, 2.45) is 0 Å². The summed E-state index contributed by atoms with van der Waals surface area (Å²) in [6.07, 6.45) is 1.82. The summed E-state index contributed by atoms with van der Waals surface area (Å²) in [6, 6.07) is 13.3. The minimum absolute atomic E-state index is 0.197. The molecule has 0 amide bonds. The second kappa shape index (κ2) is 5.89. The van der Waals surface area contributed by atoms with Crippen LogP contribution in [0.3, 0.4) is 0 Å². The molecule has 0 radical (unpaired) electrons. The maximum Gasteiger partial charge on any atom is 0.315 e. The zero-order chi connectivity index (χ0) is 14.8. The number of halogens is 1. The van der Waals surface area contributed by atoms with E-state index >= 15 is 0 Å². The molecule has 1 heterocycles. The molecule has 106 valence electrons. The molecule has 0 N–H and O–H groups in total. The Morgan fingerprint density at radius 1 is 1.19 bits per heavy atom. The van der Waals surface area contributed by atoms with E-state index in [1.165, 1.54) is 0 Å². The van der Waals surface area contributed by atoms with Gasteiger partial charge in [-0.3, -0.25) is 4.79 Å². The molecule has 3 nitrogen and oxygen atoms in total. The van der Waals surface area contributed by atoms with Crippen LogP contribution in [0.25, 0.3) is 11.0 Å². The Morgan fingerprint density at radius 3 is 2.71 bits per heavy atom. The number of benzene rings is 2. The third-order valence-electron chi connectivity index (χ3n) is 3.19. The number of furan rings is 1. The Balaban J connectivity index is 1.77. The zero-order valence-electron chi connectivity index (χ0n) is 11.4. The number of hydrogen-bond donors (Lipinski definition) is 0. The molecule has 1 aromatic heterocycles. The van der Waals surface area contributed by atoms with Crippen molar-refractivity contribution in [3.05, 3.63) is 63.4 Å². The second-order valence-corrected chi connectivity index (χ2v) is 6.11. The Labute approximate surface area is 136 Å². The van der Waals surface area contributed by atoms with E-state index in [-0.39, 0.29) is 12.4 Å². The molecule has 3 aromatic rings. The highest BCUT2D eigenvalue weighted by Gasteiger charge is 2.12. The Hall–Kier alpha value is -1.82. The Morgan fingerprint density at radius 2 is 1.95 bits per heavy atom. The molecule has 0 bridgehead atoms. The lowest BCUT2D eigenvalue weighted by molar-refractivity contribution is -0.133. The predicted molar refractivity (Wildman–Crippen MR) is 89.4 cm³/mol. The van der Waals surface area contributed by atoms with Gasteiger partial charge in [-0.25, -0.2) is 0 Å². The molecule has 0 spiro atoms. The molecular formula is C17H13IO3. The number of fused-ring (bicyclic) bond motifs is 1. The molecule has 0 fully saturated rings. The lowest BCUT2D eigenvalue weighted by Crippen LogP contribution is -2.10. The van der Waals surface area contributed by atoms with Gasteiger partial charge in [0.25, 0.3) is 0 Å². The van der Waals surface area contributed by atoms with Crippen LogP contribution in [0.15, 0.2) is 53.1 Å². The highest BCUT2D eigenvalue weighted by molar-refractivity contribution is 14.1. The first-order chi connectivity index (χ1) is 10.1. The van der Waals surface area contributed by atoms with Gasteiger partial charge in [-0.05, 0) is 65.9 Å². The summed E-state index contributed by atoms with van der Waals surface area (Å²) in [5, 5.41) is 0.967. The van der Waals surface area contributed by atoms with Crippen molar-refractivity contribution in [2.45, 2.75) is 13.3 Å². The number of aryl methyl sites for hydroxylation is 1. The van der Waals surface area contributed by atoms with E-state index in [4.69, 9.17) is 9.15 Å². The van der Waals surface area contributed by atoms with Crippen LogP contribution in [0.1, 0.15) is 11.1 Å². The van der Waals surface area contributed by atoms with Crippen LogP contribution in [0, 0.1) is 10.5 Å². The van der Waals surface area contributed by atoms with E-state index < -0.39 is 0 Å². The topological polar surface area (TPSA) is 39.4 Å². The fourth-order valence-corrected chi connectivity index (χ4v) is 2.52. The van der Waals surface area contributed by atoms with E-state index in [1.807, 2.05) is 37.3 Å². The highest BCUT2D eigenvalue weighted by Crippen LogP contribution is 2.23.